The van der Waals surface area contributed by atoms with Crippen molar-refractivity contribution in [3.63, 3.8) is 0 Å². The van der Waals surface area contributed by atoms with Crippen molar-refractivity contribution in [2.75, 3.05) is 19.4 Å². The van der Waals surface area contributed by atoms with E-state index in [-0.39, 0.29) is 39.7 Å². The predicted octanol–water partition coefficient (Wildman–Crippen LogP) is 4.38. The lowest BCUT2D eigenvalue weighted by Crippen LogP contribution is -2.36. The lowest BCUT2D eigenvalue weighted by Gasteiger charge is -2.27. The molecule has 2 aliphatic heterocycles. The highest BCUT2D eigenvalue weighted by Crippen LogP contribution is 2.39. The number of amides is 1. The van der Waals surface area contributed by atoms with Crippen LogP contribution in [0.1, 0.15) is 40.6 Å². The van der Waals surface area contributed by atoms with E-state index in [1.165, 1.54) is 18.2 Å². The molecule has 1 saturated heterocycles. The van der Waals surface area contributed by atoms with Crippen molar-refractivity contribution in [3.8, 4) is 0 Å². The molecule has 0 saturated carbocycles. The third kappa shape index (κ3) is 3.13. The lowest BCUT2D eigenvalue weighted by molar-refractivity contribution is 0.0486. The van der Waals surface area contributed by atoms with E-state index in [9.17, 15) is 14.0 Å². The highest BCUT2D eigenvalue weighted by atomic mass is 32.2. The fourth-order valence-corrected chi connectivity index (χ4v) is 4.73. The second-order valence-electron chi connectivity index (χ2n) is 7.58. The number of halogens is 1. The normalized spacial score (nSPS) is 20.9. The van der Waals surface area contributed by atoms with Crippen LogP contribution in [0.2, 0.25) is 0 Å². The summed E-state index contributed by atoms with van der Waals surface area (Å²) in [6.45, 7) is 1.05. The average Bonchev–Trinajstić information content (AvgIpc) is 3.37. The summed E-state index contributed by atoms with van der Waals surface area (Å²) in [4.78, 5) is 29.4. The molecule has 0 N–H and O–H groups in total. The molecule has 2 aromatic carbocycles. The number of carbonyl (C=O) groups excluding carboxylic acids is 1. The smallest absolute Gasteiger partial charge is 0.291 e. The van der Waals surface area contributed by atoms with Crippen molar-refractivity contribution in [2.45, 2.75) is 29.9 Å². The number of fused-ring (bicyclic) bond motifs is 2. The minimum Gasteiger partial charge on any atom is -0.450 e. The second kappa shape index (κ2) is 7.56. The van der Waals surface area contributed by atoms with Crippen LogP contribution in [0.3, 0.4) is 0 Å². The number of rotatable bonds is 4. The van der Waals surface area contributed by atoms with Gasteiger partial charge in [0.1, 0.15) is 11.4 Å². The standard InChI is InChI=1S/C23H20FNO4S/c1-30-16-7-4-13(5-8-16)20-19-21(26)17-11-14(24)6-9-18(17)29-22(19)23(27)25(20)12-15-3-2-10-28-15/h4-9,11,15,20H,2-3,10,12H2,1H3/t15-,20-/m0/s1. The summed E-state index contributed by atoms with van der Waals surface area (Å²) in [6.07, 6.45) is 3.74. The maximum atomic E-state index is 13.8. The quantitative estimate of drug-likeness (QED) is 0.581. The first kappa shape index (κ1) is 19.3. The van der Waals surface area contributed by atoms with Crippen LogP contribution in [-0.2, 0) is 4.74 Å². The molecule has 1 aromatic heterocycles. The van der Waals surface area contributed by atoms with Gasteiger partial charge in [-0.15, -0.1) is 11.8 Å². The van der Waals surface area contributed by atoms with Gasteiger partial charge in [-0.05, 0) is 55.0 Å². The monoisotopic (exact) mass is 425 g/mol. The number of thioether (sulfide) groups is 1. The summed E-state index contributed by atoms with van der Waals surface area (Å²) >= 11 is 1.62. The first-order valence-corrected chi connectivity index (χ1v) is 11.1. The van der Waals surface area contributed by atoms with Gasteiger partial charge in [-0.25, -0.2) is 4.39 Å². The van der Waals surface area contributed by atoms with E-state index < -0.39 is 11.9 Å². The molecule has 5 rings (SSSR count). The molecule has 7 heteroatoms. The zero-order chi connectivity index (χ0) is 20.8. The highest BCUT2D eigenvalue weighted by Gasteiger charge is 2.43. The van der Waals surface area contributed by atoms with E-state index >= 15 is 0 Å². The summed E-state index contributed by atoms with van der Waals surface area (Å²) in [6, 6.07) is 11.0. The third-order valence-electron chi connectivity index (χ3n) is 5.78. The minimum absolute atomic E-state index is 0.0380. The van der Waals surface area contributed by atoms with Gasteiger partial charge in [-0.3, -0.25) is 9.59 Å². The van der Waals surface area contributed by atoms with Gasteiger partial charge in [0.2, 0.25) is 5.76 Å². The van der Waals surface area contributed by atoms with E-state index in [2.05, 4.69) is 0 Å². The molecule has 1 fully saturated rings. The summed E-state index contributed by atoms with van der Waals surface area (Å²) in [7, 11) is 0. The Bertz CT molecular complexity index is 1180. The van der Waals surface area contributed by atoms with Crippen LogP contribution in [0, 0.1) is 5.82 Å². The largest absolute Gasteiger partial charge is 0.450 e. The number of benzene rings is 2. The first-order chi connectivity index (χ1) is 14.6. The minimum atomic E-state index is -0.587. The Morgan fingerprint density at radius 3 is 2.67 bits per heavy atom. The van der Waals surface area contributed by atoms with Crippen molar-refractivity contribution >= 4 is 28.6 Å². The molecule has 1 amide bonds. The molecule has 0 bridgehead atoms. The van der Waals surface area contributed by atoms with E-state index in [1.54, 1.807) is 16.7 Å². The van der Waals surface area contributed by atoms with Gasteiger partial charge in [0.05, 0.1) is 23.1 Å². The molecule has 2 atom stereocenters. The number of ether oxygens (including phenoxy) is 1. The molecule has 0 radical (unpaired) electrons. The Labute approximate surface area is 176 Å². The Balaban J connectivity index is 1.69. The molecule has 5 nitrogen and oxygen atoms in total. The summed E-state index contributed by atoms with van der Waals surface area (Å²) in [5.74, 6) is -0.810. The maximum absolute atomic E-state index is 13.8. The molecule has 3 aromatic rings. The Morgan fingerprint density at radius 1 is 1.17 bits per heavy atom. The third-order valence-corrected chi connectivity index (χ3v) is 6.53. The van der Waals surface area contributed by atoms with Crippen LogP contribution in [-0.4, -0.2) is 36.3 Å². The van der Waals surface area contributed by atoms with Crippen molar-refractivity contribution in [2.24, 2.45) is 0 Å². The van der Waals surface area contributed by atoms with Gasteiger partial charge in [-0.2, -0.15) is 0 Å². The van der Waals surface area contributed by atoms with Gasteiger partial charge in [0, 0.05) is 18.0 Å². The lowest BCUT2D eigenvalue weighted by atomic mass is 9.98. The summed E-state index contributed by atoms with van der Waals surface area (Å²) in [5, 5.41) is 0.145. The van der Waals surface area contributed by atoms with Crippen molar-refractivity contribution < 1.29 is 18.3 Å². The number of nitrogens with zero attached hydrogens (tertiary/aromatic N) is 1. The van der Waals surface area contributed by atoms with Crippen LogP contribution in [0.15, 0.2) is 56.6 Å². The molecule has 0 unspecified atom stereocenters. The summed E-state index contributed by atoms with van der Waals surface area (Å²) < 4.78 is 25.4. The predicted molar refractivity (Wildman–Crippen MR) is 113 cm³/mol. The van der Waals surface area contributed by atoms with Crippen LogP contribution < -0.4 is 5.43 Å². The highest BCUT2D eigenvalue weighted by molar-refractivity contribution is 7.98. The molecule has 154 valence electrons. The van der Waals surface area contributed by atoms with Crippen molar-refractivity contribution in [1.29, 1.82) is 0 Å². The molecule has 2 aliphatic rings. The number of hydrogen-bond acceptors (Lipinski definition) is 5. The topological polar surface area (TPSA) is 59.8 Å². The van der Waals surface area contributed by atoms with E-state index in [0.717, 1.165) is 23.3 Å². The van der Waals surface area contributed by atoms with Gasteiger partial charge in [0.15, 0.2) is 5.43 Å². The fourth-order valence-electron chi connectivity index (χ4n) is 4.32. The molecule has 0 spiro atoms. The van der Waals surface area contributed by atoms with Crippen molar-refractivity contribution in [1.82, 2.24) is 4.90 Å². The van der Waals surface area contributed by atoms with Crippen molar-refractivity contribution in [3.05, 3.63) is 75.4 Å². The van der Waals surface area contributed by atoms with Gasteiger partial charge >= 0.3 is 0 Å². The van der Waals surface area contributed by atoms with Gasteiger partial charge < -0.3 is 14.1 Å². The van der Waals surface area contributed by atoms with Crippen LogP contribution >= 0.6 is 11.8 Å². The second-order valence-corrected chi connectivity index (χ2v) is 8.46. The average molecular weight is 425 g/mol. The molecule has 0 aliphatic carbocycles. The molecular formula is C23H20FNO4S. The summed E-state index contributed by atoms with van der Waals surface area (Å²) in [5.41, 5.74) is 0.936. The van der Waals surface area contributed by atoms with Crippen LogP contribution in [0.4, 0.5) is 4.39 Å². The molecule has 30 heavy (non-hydrogen) atoms. The van der Waals surface area contributed by atoms with Crippen LogP contribution in [0.5, 0.6) is 0 Å². The van der Waals surface area contributed by atoms with Gasteiger partial charge in [0.25, 0.3) is 5.91 Å². The molecular weight excluding hydrogens is 405 g/mol. The zero-order valence-electron chi connectivity index (χ0n) is 16.4. The van der Waals surface area contributed by atoms with Crippen LogP contribution in [0.25, 0.3) is 11.0 Å². The number of carbonyl (C=O) groups is 1. The van der Waals surface area contributed by atoms with E-state index in [4.69, 9.17) is 9.15 Å². The Morgan fingerprint density at radius 2 is 1.97 bits per heavy atom. The Kier molecular flexibility index (Phi) is 4.87. The Hall–Kier alpha value is -2.64. The molecule has 3 heterocycles. The van der Waals surface area contributed by atoms with E-state index in [1.807, 2.05) is 30.5 Å². The zero-order valence-corrected chi connectivity index (χ0v) is 17.2. The first-order valence-electron chi connectivity index (χ1n) is 9.89. The fraction of sp³-hybridized carbons (Fsp3) is 0.304. The SMILES string of the molecule is CSc1ccc([C@H]2c3c(oc4ccc(F)cc4c3=O)C(=O)N2C[C@@H]2CCCO2)cc1. The number of hydrogen-bond donors (Lipinski definition) is 0. The maximum Gasteiger partial charge on any atom is 0.291 e. The van der Waals surface area contributed by atoms with E-state index in [0.29, 0.717) is 13.2 Å². The van der Waals surface area contributed by atoms with Gasteiger partial charge in [-0.1, -0.05) is 12.1 Å².